The Bertz CT molecular complexity index is 369. The van der Waals surface area contributed by atoms with Gasteiger partial charge >= 0.3 is 0 Å². The van der Waals surface area contributed by atoms with Gasteiger partial charge in [0, 0.05) is 32.8 Å². The van der Waals surface area contributed by atoms with E-state index in [0.717, 1.165) is 57.4 Å². The van der Waals surface area contributed by atoms with Crippen LogP contribution < -0.4 is 10.6 Å². The molecule has 0 aromatic rings. The first-order valence-electron chi connectivity index (χ1n) is 8.74. The van der Waals surface area contributed by atoms with E-state index in [0.29, 0.717) is 0 Å². The van der Waals surface area contributed by atoms with E-state index in [-0.39, 0.29) is 36.8 Å². The summed E-state index contributed by atoms with van der Waals surface area (Å²) in [4.78, 5) is 15.1. The van der Waals surface area contributed by atoms with Crippen molar-refractivity contribution >= 4 is 30.7 Å². The number of carbonyl (C=O) groups is 1. The van der Waals surface area contributed by atoms with Crippen LogP contribution in [0, 0.1) is 11.8 Å². The molecule has 0 aliphatic carbocycles. The van der Waals surface area contributed by atoms with Crippen molar-refractivity contribution in [3.8, 4) is 0 Å². The molecule has 3 atom stereocenters. The zero-order valence-electron chi connectivity index (χ0n) is 15.5. The minimum atomic E-state index is -0.637. The van der Waals surface area contributed by atoms with E-state index < -0.39 is 5.60 Å². The summed E-state index contributed by atoms with van der Waals surface area (Å²) in [5, 5.41) is 6.47. The quantitative estimate of drug-likeness (QED) is 0.762. The number of hydrogen-bond donors (Lipinski definition) is 2. The van der Waals surface area contributed by atoms with Crippen LogP contribution in [0.1, 0.15) is 40.0 Å². The van der Waals surface area contributed by atoms with Gasteiger partial charge in [0.1, 0.15) is 5.60 Å². The van der Waals surface area contributed by atoms with Crippen LogP contribution in [-0.2, 0) is 9.53 Å². The van der Waals surface area contributed by atoms with Crippen molar-refractivity contribution in [1.29, 1.82) is 0 Å². The Hall–Kier alpha value is -0.0700. The van der Waals surface area contributed by atoms with E-state index >= 15 is 0 Å². The highest BCUT2D eigenvalue weighted by Crippen LogP contribution is 2.23. The fourth-order valence-corrected chi connectivity index (χ4v) is 4.08. The van der Waals surface area contributed by atoms with Crippen LogP contribution in [0.25, 0.3) is 0 Å². The van der Waals surface area contributed by atoms with Gasteiger partial charge in [0.25, 0.3) is 5.91 Å². The molecule has 0 saturated carbocycles. The predicted octanol–water partition coefficient (Wildman–Crippen LogP) is 2.08. The maximum absolute atomic E-state index is 12.6. The van der Waals surface area contributed by atoms with E-state index in [9.17, 15) is 4.79 Å². The fraction of sp³-hybridized carbons (Fsp3) is 0.941. The van der Waals surface area contributed by atoms with Gasteiger partial charge in [-0.05, 0) is 51.1 Å². The molecule has 2 N–H and O–H groups in total. The summed E-state index contributed by atoms with van der Waals surface area (Å²) in [5.41, 5.74) is -0.637. The first-order chi connectivity index (χ1) is 10.4. The molecule has 0 spiro atoms. The normalized spacial score (nSPS) is 28.2. The first kappa shape index (κ1) is 23.9. The summed E-state index contributed by atoms with van der Waals surface area (Å²) in [7, 11) is 1.66. The Morgan fingerprint density at radius 1 is 1.25 bits per heavy atom. The van der Waals surface area contributed by atoms with E-state index in [4.69, 9.17) is 4.74 Å². The van der Waals surface area contributed by atoms with Crippen molar-refractivity contribution in [3.05, 3.63) is 0 Å². The van der Waals surface area contributed by atoms with Crippen LogP contribution in [0.4, 0.5) is 0 Å². The molecule has 3 unspecified atom stereocenters. The molecule has 2 aliphatic heterocycles. The van der Waals surface area contributed by atoms with Gasteiger partial charge in [-0.1, -0.05) is 13.8 Å². The molecule has 0 aromatic carbocycles. The van der Waals surface area contributed by atoms with Crippen molar-refractivity contribution in [2.45, 2.75) is 51.7 Å². The van der Waals surface area contributed by atoms with E-state index in [1.807, 2.05) is 0 Å². The number of methoxy groups -OCH3 is 1. The summed E-state index contributed by atoms with van der Waals surface area (Å²) < 4.78 is 5.60. The van der Waals surface area contributed by atoms with Gasteiger partial charge in [0.2, 0.25) is 0 Å². The molecule has 24 heavy (non-hydrogen) atoms. The zero-order valence-corrected chi connectivity index (χ0v) is 17.1. The second kappa shape index (κ2) is 10.8. The molecule has 7 heteroatoms. The third-order valence-corrected chi connectivity index (χ3v) is 5.07. The maximum Gasteiger partial charge on any atom is 0.252 e. The molecule has 2 rings (SSSR count). The Kier molecular flexibility index (Phi) is 10.8. The van der Waals surface area contributed by atoms with Crippen LogP contribution in [-0.4, -0.2) is 62.3 Å². The van der Waals surface area contributed by atoms with Gasteiger partial charge in [-0.3, -0.25) is 4.79 Å². The van der Waals surface area contributed by atoms with Crippen LogP contribution in [0.15, 0.2) is 0 Å². The summed E-state index contributed by atoms with van der Waals surface area (Å²) >= 11 is 0. The summed E-state index contributed by atoms with van der Waals surface area (Å²) in [5.74, 6) is 1.56. The molecule has 1 amide bonds. The number of nitrogens with one attached hydrogen (secondary N) is 2. The third kappa shape index (κ3) is 6.34. The molecule has 0 radical (unpaired) electrons. The average Bonchev–Trinajstić information content (AvgIpc) is 2.46. The Morgan fingerprint density at radius 2 is 1.79 bits per heavy atom. The highest BCUT2D eigenvalue weighted by atomic mass is 35.5. The summed E-state index contributed by atoms with van der Waals surface area (Å²) in [6.07, 6.45) is 2.82. The molecule has 144 valence electrons. The molecule has 0 aromatic heterocycles. The number of ether oxygens (including phenoxy) is 1. The number of nitrogens with zero attached hydrogens (tertiary/aromatic N) is 1. The highest BCUT2D eigenvalue weighted by Gasteiger charge is 2.40. The Labute approximate surface area is 159 Å². The average molecular weight is 384 g/mol. The Balaban J connectivity index is 0.00000264. The zero-order chi connectivity index (χ0) is 16.2. The van der Waals surface area contributed by atoms with Crippen LogP contribution in [0.3, 0.4) is 0 Å². The largest absolute Gasteiger partial charge is 0.368 e. The van der Waals surface area contributed by atoms with Gasteiger partial charge in [0.15, 0.2) is 0 Å². The van der Waals surface area contributed by atoms with Crippen LogP contribution >= 0.6 is 24.8 Å². The second-order valence-electron chi connectivity index (χ2n) is 7.49. The number of likely N-dealkylation sites (tertiary alicyclic amines) is 1. The smallest absolute Gasteiger partial charge is 0.252 e. The lowest BCUT2D eigenvalue weighted by Crippen LogP contribution is -2.57. The van der Waals surface area contributed by atoms with Crippen molar-refractivity contribution in [3.63, 3.8) is 0 Å². The van der Waals surface area contributed by atoms with Crippen molar-refractivity contribution < 1.29 is 9.53 Å². The van der Waals surface area contributed by atoms with E-state index in [2.05, 4.69) is 36.3 Å². The van der Waals surface area contributed by atoms with Gasteiger partial charge in [-0.25, -0.2) is 0 Å². The minimum Gasteiger partial charge on any atom is -0.368 e. The number of carbonyl (C=O) groups excluding carboxylic acids is 1. The van der Waals surface area contributed by atoms with Crippen molar-refractivity contribution in [2.75, 3.05) is 39.8 Å². The lowest BCUT2D eigenvalue weighted by molar-refractivity contribution is -0.147. The standard InChI is InChI=1S/C17H33N3O2.2ClH/c1-13-9-14(2)11-20(10-13)12-15(3)19-16(21)17(22-4)5-7-18-8-6-17;;/h13-15,18H,5-12H2,1-4H3,(H,19,21);2*1H. The number of amides is 1. The first-order valence-corrected chi connectivity index (χ1v) is 8.74. The second-order valence-corrected chi connectivity index (χ2v) is 7.49. The Morgan fingerprint density at radius 3 is 2.29 bits per heavy atom. The highest BCUT2D eigenvalue weighted by molar-refractivity contribution is 5.86. The van der Waals surface area contributed by atoms with E-state index in [1.54, 1.807) is 7.11 Å². The molecular formula is C17H35Cl2N3O2. The van der Waals surface area contributed by atoms with E-state index in [1.165, 1.54) is 6.42 Å². The maximum atomic E-state index is 12.6. The number of rotatable bonds is 5. The number of hydrogen-bond acceptors (Lipinski definition) is 4. The van der Waals surface area contributed by atoms with Gasteiger partial charge in [0.05, 0.1) is 0 Å². The fourth-order valence-electron chi connectivity index (χ4n) is 4.08. The molecule has 2 saturated heterocycles. The van der Waals surface area contributed by atoms with Crippen LogP contribution in [0.5, 0.6) is 0 Å². The molecule has 2 aliphatic rings. The molecule has 0 bridgehead atoms. The van der Waals surface area contributed by atoms with Gasteiger partial charge < -0.3 is 20.3 Å². The topological polar surface area (TPSA) is 53.6 Å². The predicted molar refractivity (Wildman–Crippen MR) is 103 cm³/mol. The third-order valence-electron chi connectivity index (χ3n) is 5.07. The molecular weight excluding hydrogens is 349 g/mol. The molecule has 5 nitrogen and oxygen atoms in total. The molecule has 2 heterocycles. The monoisotopic (exact) mass is 383 g/mol. The van der Waals surface area contributed by atoms with Crippen LogP contribution in [0.2, 0.25) is 0 Å². The SMILES string of the molecule is COC1(C(=O)NC(C)CN2CC(C)CC(C)C2)CCNCC1.Cl.Cl. The summed E-state index contributed by atoms with van der Waals surface area (Å²) in [6.45, 7) is 11.6. The number of halogens is 2. The molecule has 2 fully saturated rings. The lowest BCUT2D eigenvalue weighted by atomic mass is 9.90. The van der Waals surface area contributed by atoms with Gasteiger partial charge in [-0.2, -0.15) is 0 Å². The number of piperidine rings is 2. The lowest BCUT2D eigenvalue weighted by Gasteiger charge is -2.38. The minimum absolute atomic E-state index is 0. The van der Waals surface area contributed by atoms with Gasteiger partial charge in [-0.15, -0.1) is 24.8 Å². The summed E-state index contributed by atoms with van der Waals surface area (Å²) in [6, 6.07) is 0.159. The van der Waals surface area contributed by atoms with Crippen molar-refractivity contribution in [1.82, 2.24) is 15.5 Å². The van der Waals surface area contributed by atoms with Crippen molar-refractivity contribution in [2.24, 2.45) is 11.8 Å².